The summed E-state index contributed by atoms with van der Waals surface area (Å²) in [5, 5.41) is 8.23. The van der Waals surface area contributed by atoms with Crippen LogP contribution in [0.2, 0.25) is 0 Å². The third-order valence-corrected chi connectivity index (χ3v) is 6.41. The molecule has 2 heterocycles. The highest BCUT2D eigenvalue weighted by Gasteiger charge is 2.48. The number of ketones is 1. The van der Waals surface area contributed by atoms with Crippen molar-refractivity contribution in [3.05, 3.63) is 64.2 Å². The zero-order chi connectivity index (χ0) is 24.6. The highest BCUT2D eigenvalue weighted by molar-refractivity contribution is 6.44. The zero-order valence-electron chi connectivity index (χ0n) is 19.0. The Hall–Kier alpha value is -3.69. The van der Waals surface area contributed by atoms with Gasteiger partial charge in [0.05, 0.1) is 16.8 Å². The van der Waals surface area contributed by atoms with Crippen LogP contribution in [-0.2, 0) is 17.8 Å². The number of hydrogen-bond donors (Lipinski definition) is 4. The lowest BCUT2D eigenvalue weighted by Crippen LogP contribution is -2.44. The minimum absolute atomic E-state index is 0.206. The highest BCUT2D eigenvalue weighted by atomic mass is 19.3. The summed E-state index contributed by atoms with van der Waals surface area (Å²) < 4.78 is 27.8. The summed E-state index contributed by atoms with van der Waals surface area (Å²) >= 11 is 0. The van der Waals surface area contributed by atoms with E-state index in [2.05, 4.69) is 16.0 Å². The second-order valence-corrected chi connectivity index (χ2v) is 8.68. The molecule has 1 fully saturated rings. The monoisotopic (exact) mass is 471 g/mol. The molecule has 10 heteroatoms. The lowest BCUT2D eigenvalue weighted by Gasteiger charge is -2.17. The Morgan fingerprint density at radius 3 is 2.62 bits per heavy atom. The smallest absolute Gasteiger partial charge is 0.293 e. The first kappa shape index (κ1) is 23.5. The summed E-state index contributed by atoms with van der Waals surface area (Å²) in [7, 11) is 1.69. The number of anilines is 1. The molecule has 180 valence electrons. The van der Waals surface area contributed by atoms with Crippen LogP contribution in [0.4, 0.5) is 14.5 Å². The summed E-state index contributed by atoms with van der Waals surface area (Å²) in [5.74, 6) is -2.01. The Kier molecular flexibility index (Phi) is 6.16. The minimum Gasteiger partial charge on any atom is -0.399 e. The number of carbonyl (C=O) groups excluding carboxylic acids is 3. The normalized spacial score (nSPS) is 16.2. The number of nitrogens with two attached hydrogens (primary N) is 1. The zero-order valence-corrected chi connectivity index (χ0v) is 19.0. The maximum Gasteiger partial charge on any atom is 0.293 e. The van der Waals surface area contributed by atoms with Crippen molar-refractivity contribution in [1.82, 2.24) is 15.2 Å². The summed E-state index contributed by atoms with van der Waals surface area (Å²) in [6.45, 7) is 2.14. The fourth-order valence-corrected chi connectivity index (χ4v) is 4.55. The van der Waals surface area contributed by atoms with Crippen molar-refractivity contribution in [2.45, 2.75) is 51.1 Å². The van der Waals surface area contributed by atoms with E-state index in [1.807, 2.05) is 0 Å². The summed E-state index contributed by atoms with van der Waals surface area (Å²) in [4.78, 5) is 39.2. The Morgan fingerprint density at radius 2 is 1.97 bits per heavy atom. The SMILES string of the molecule is CN/C=C(\N)C1(NC(=O)C(=O)c2c(C)c(C(=O)Nc3cccc(C(F)F)c3)n3c2CCC3)CC1. The van der Waals surface area contributed by atoms with E-state index in [0.717, 1.165) is 6.42 Å². The predicted molar refractivity (Wildman–Crippen MR) is 123 cm³/mol. The number of halogens is 2. The Morgan fingerprint density at radius 1 is 1.24 bits per heavy atom. The first-order valence-corrected chi connectivity index (χ1v) is 11.1. The van der Waals surface area contributed by atoms with Gasteiger partial charge in [0.25, 0.3) is 24.0 Å². The summed E-state index contributed by atoms with van der Waals surface area (Å²) in [6.07, 6.45) is 1.47. The second-order valence-electron chi connectivity index (χ2n) is 8.68. The first-order valence-electron chi connectivity index (χ1n) is 11.1. The van der Waals surface area contributed by atoms with Crippen molar-refractivity contribution < 1.29 is 23.2 Å². The van der Waals surface area contributed by atoms with Gasteiger partial charge in [-0.1, -0.05) is 12.1 Å². The molecule has 0 bridgehead atoms. The molecule has 4 rings (SSSR count). The average molecular weight is 472 g/mol. The van der Waals surface area contributed by atoms with Crippen LogP contribution in [0.25, 0.3) is 0 Å². The topological polar surface area (TPSA) is 118 Å². The van der Waals surface area contributed by atoms with Crippen LogP contribution in [0.1, 0.15) is 63.4 Å². The molecule has 0 spiro atoms. The summed E-state index contributed by atoms with van der Waals surface area (Å²) in [6, 6.07) is 5.45. The number of alkyl halides is 2. The molecule has 0 atom stereocenters. The van der Waals surface area contributed by atoms with Gasteiger partial charge in [0.1, 0.15) is 5.69 Å². The maximum absolute atomic E-state index is 13.2. The molecule has 1 aromatic carbocycles. The van der Waals surface area contributed by atoms with Crippen molar-refractivity contribution in [3.63, 3.8) is 0 Å². The van der Waals surface area contributed by atoms with Gasteiger partial charge < -0.3 is 26.3 Å². The van der Waals surface area contributed by atoms with Crippen LogP contribution in [0, 0.1) is 6.92 Å². The highest BCUT2D eigenvalue weighted by Crippen LogP contribution is 2.40. The number of fused-ring (bicyclic) bond motifs is 1. The van der Waals surface area contributed by atoms with Crippen LogP contribution in [0.3, 0.4) is 0 Å². The molecule has 8 nitrogen and oxygen atoms in total. The number of aromatic nitrogens is 1. The van der Waals surface area contributed by atoms with Gasteiger partial charge in [0, 0.05) is 36.7 Å². The second kappa shape index (κ2) is 8.92. The van der Waals surface area contributed by atoms with Crippen molar-refractivity contribution in [2.24, 2.45) is 5.73 Å². The number of amides is 2. The largest absolute Gasteiger partial charge is 0.399 e. The molecule has 1 aromatic heterocycles. The fraction of sp³-hybridized carbons (Fsp3) is 0.375. The van der Waals surface area contributed by atoms with Gasteiger partial charge in [0.2, 0.25) is 0 Å². The molecule has 2 aromatic rings. The van der Waals surface area contributed by atoms with E-state index < -0.39 is 29.6 Å². The van der Waals surface area contributed by atoms with Gasteiger partial charge >= 0.3 is 0 Å². The van der Waals surface area contributed by atoms with Gasteiger partial charge in [-0.3, -0.25) is 14.4 Å². The van der Waals surface area contributed by atoms with Gasteiger partial charge in [-0.05, 0) is 50.3 Å². The van der Waals surface area contributed by atoms with Crippen LogP contribution >= 0.6 is 0 Å². The number of rotatable bonds is 8. The Balaban J connectivity index is 1.61. The number of carbonyl (C=O) groups is 3. The minimum atomic E-state index is -2.66. The number of hydrogen-bond acceptors (Lipinski definition) is 5. The van der Waals surface area contributed by atoms with Gasteiger partial charge in [-0.2, -0.15) is 0 Å². The maximum atomic E-state index is 13.2. The first-order chi connectivity index (χ1) is 16.2. The van der Waals surface area contributed by atoms with E-state index in [1.165, 1.54) is 24.3 Å². The van der Waals surface area contributed by atoms with Crippen molar-refractivity contribution in [2.75, 3.05) is 12.4 Å². The quantitative estimate of drug-likeness (QED) is 0.349. The fourth-order valence-electron chi connectivity index (χ4n) is 4.55. The molecule has 1 aliphatic carbocycles. The lowest BCUT2D eigenvalue weighted by atomic mass is 10.0. The van der Waals surface area contributed by atoms with Gasteiger partial charge in [-0.15, -0.1) is 0 Å². The third kappa shape index (κ3) is 4.15. The number of nitrogens with one attached hydrogen (secondary N) is 3. The standard InChI is InChI=1S/C24H27F2N5O3/c1-13-18(20(32)23(34)30-24(8-9-24)17(27)12-28-2)16-7-4-10-31(16)19(13)22(33)29-15-6-3-5-14(11-15)21(25)26/h3,5-6,11-12,21,28H,4,7-10,27H2,1-2H3,(H,29,33)(H,30,34)/b17-12-. The molecule has 2 amide bonds. The van der Waals surface area contributed by atoms with E-state index in [4.69, 9.17) is 5.73 Å². The average Bonchev–Trinajstić information content (AvgIpc) is 3.33. The molecule has 1 saturated carbocycles. The Bertz CT molecular complexity index is 1200. The summed E-state index contributed by atoms with van der Waals surface area (Å²) in [5.41, 5.74) is 7.27. The lowest BCUT2D eigenvalue weighted by molar-refractivity contribution is -0.117. The van der Waals surface area contributed by atoms with Crippen molar-refractivity contribution in [1.29, 1.82) is 0 Å². The van der Waals surface area contributed by atoms with E-state index in [-0.39, 0.29) is 22.5 Å². The molecular formula is C24H27F2N5O3. The third-order valence-electron chi connectivity index (χ3n) is 6.41. The van der Waals surface area contributed by atoms with Gasteiger partial charge in [0.15, 0.2) is 0 Å². The number of nitrogens with zero attached hydrogens (tertiary/aromatic N) is 1. The molecule has 5 N–H and O–H groups in total. The van der Waals surface area contributed by atoms with Crippen LogP contribution in [0.5, 0.6) is 0 Å². The molecule has 0 unspecified atom stereocenters. The van der Waals surface area contributed by atoms with E-state index in [1.54, 1.807) is 24.7 Å². The van der Waals surface area contributed by atoms with E-state index >= 15 is 0 Å². The van der Waals surface area contributed by atoms with Crippen molar-refractivity contribution >= 4 is 23.3 Å². The van der Waals surface area contributed by atoms with Crippen LogP contribution < -0.4 is 21.7 Å². The molecule has 0 radical (unpaired) electrons. The van der Waals surface area contributed by atoms with E-state index in [9.17, 15) is 23.2 Å². The Labute approximate surface area is 195 Å². The molecule has 34 heavy (non-hydrogen) atoms. The number of Topliss-reactive ketones (excluding diaryl/α,β-unsaturated/α-hetero) is 1. The van der Waals surface area contributed by atoms with E-state index in [0.29, 0.717) is 42.8 Å². The number of benzene rings is 1. The molecule has 0 saturated heterocycles. The predicted octanol–water partition coefficient (Wildman–Crippen LogP) is 2.78. The molecule has 1 aliphatic heterocycles. The van der Waals surface area contributed by atoms with Crippen LogP contribution in [0.15, 0.2) is 36.2 Å². The van der Waals surface area contributed by atoms with Crippen molar-refractivity contribution in [3.8, 4) is 0 Å². The van der Waals surface area contributed by atoms with Gasteiger partial charge in [-0.25, -0.2) is 8.78 Å². The van der Waals surface area contributed by atoms with Crippen LogP contribution in [-0.4, -0.2) is 34.8 Å². The molecule has 2 aliphatic rings. The molecular weight excluding hydrogens is 444 g/mol.